The molecule has 5 nitrogen and oxygen atoms in total. The highest BCUT2D eigenvalue weighted by molar-refractivity contribution is 5.59. The van der Waals surface area contributed by atoms with Crippen molar-refractivity contribution in [3.63, 3.8) is 0 Å². The van der Waals surface area contributed by atoms with Crippen LogP contribution in [0.3, 0.4) is 0 Å². The maximum absolute atomic E-state index is 12.7. The maximum Gasteiger partial charge on any atom is 0.258 e. The van der Waals surface area contributed by atoms with E-state index in [9.17, 15) is 4.79 Å². The van der Waals surface area contributed by atoms with Crippen LogP contribution in [0.15, 0.2) is 71.7 Å². The van der Waals surface area contributed by atoms with Gasteiger partial charge < -0.3 is 15.0 Å². The number of hydrogen-bond acceptors (Lipinski definition) is 4. The lowest BCUT2D eigenvalue weighted by molar-refractivity contribution is 0.150. The number of rotatable bonds is 5. The SMILES string of the molecule is Cc1cc(-n2ccc(OCc3ccccc3)cc2=O)ccc1N1CC2(CCNCC2)C1. The van der Waals surface area contributed by atoms with Crippen molar-refractivity contribution in [3.8, 4) is 11.4 Å². The standard InChI is InChI=1S/C26H29N3O2/c1-20-15-22(7-8-24(20)28-18-26(19-28)10-12-27-13-11-26)29-14-9-23(16-25(29)30)31-17-21-5-3-2-4-6-21/h2-9,14-16,27H,10-13,17-19H2,1H3. The number of benzene rings is 2. The van der Waals surface area contributed by atoms with Crippen molar-refractivity contribution in [1.29, 1.82) is 0 Å². The second kappa shape index (κ2) is 8.23. The molecule has 0 radical (unpaired) electrons. The van der Waals surface area contributed by atoms with E-state index in [1.165, 1.54) is 24.1 Å². The number of hydrogen-bond donors (Lipinski definition) is 1. The monoisotopic (exact) mass is 415 g/mol. The normalized spacial score (nSPS) is 17.4. The Hall–Kier alpha value is -3.05. The zero-order valence-corrected chi connectivity index (χ0v) is 18.0. The van der Waals surface area contributed by atoms with Gasteiger partial charge in [0.1, 0.15) is 12.4 Å². The van der Waals surface area contributed by atoms with E-state index in [0.717, 1.165) is 37.4 Å². The Labute approximate surface area is 183 Å². The van der Waals surface area contributed by atoms with Crippen molar-refractivity contribution in [1.82, 2.24) is 9.88 Å². The molecule has 0 saturated carbocycles. The zero-order valence-electron chi connectivity index (χ0n) is 18.0. The summed E-state index contributed by atoms with van der Waals surface area (Å²) in [5.41, 5.74) is 4.87. The fourth-order valence-electron chi connectivity index (χ4n) is 4.86. The van der Waals surface area contributed by atoms with Gasteiger partial charge in [-0.25, -0.2) is 0 Å². The van der Waals surface area contributed by atoms with E-state index >= 15 is 0 Å². The Morgan fingerprint density at radius 2 is 1.77 bits per heavy atom. The molecule has 0 amide bonds. The molecule has 3 aromatic rings. The fourth-order valence-corrected chi connectivity index (χ4v) is 4.86. The molecule has 2 aliphatic rings. The third-order valence-electron chi connectivity index (χ3n) is 6.66. The summed E-state index contributed by atoms with van der Waals surface area (Å²) in [4.78, 5) is 15.2. The van der Waals surface area contributed by atoms with Gasteiger partial charge in [0.2, 0.25) is 0 Å². The Kier molecular flexibility index (Phi) is 5.28. The van der Waals surface area contributed by atoms with Crippen LogP contribution >= 0.6 is 0 Å². The number of pyridine rings is 1. The van der Waals surface area contributed by atoms with E-state index in [1.807, 2.05) is 42.5 Å². The number of nitrogens with one attached hydrogen (secondary N) is 1. The van der Waals surface area contributed by atoms with Crippen LogP contribution in [0.2, 0.25) is 0 Å². The second-order valence-corrected chi connectivity index (χ2v) is 8.92. The summed E-state index contributed by atoms with van der Waals surface area (Å²) in [6.07, 6.45) is 4.34. The van der Waals surface area contributed by atoms with Gasteiger partial charge >= 0.3 is 0 Å². The molecular formula is C26H29N3O2. The highest BCUT2D eigenvalue weighted by atomic mass is 16.5. The lowest BCUT2D eigenvalue weighted by atomic mass is 9.72. The molecule has 1 N–H and O–H groups in total. The average molecular weight is 416 g/mol. The maximum atomic E-state index is 12.7. The summed E-state index contributed by atoms with van der Waals surface area (Å²) in [7, 11) is 0. The van der Waals surface area contributed by atoms with Gasteiger partial charge in [0.05, 0.1) is 0 Å². The molecule has 160 valence electrons. The summed E-state index contributed by atoms with van der Waals surface area (Å²) in [6, 6.07) is 19.7. The molecule has 0 aliphatic carbocycles. The largest absolute Gasteiger partial charge is 0.489 e. The van der Waals surface area contributed by atoms with E-state index in [4.69, 9.17) is 4.74 Å². The Morgan fingerprint density at radius 1 is 1.00 bits per heavy atom. The van der Waals surface area contributed by atoms with Crippen molar-refractivity contribution < 1.29 is 4.74 Å². The van der Waals surface area contributed by atoms with Crippen molar-refractivity contribution in [3.05, 3.63) is 88.3 Å². The second-order valence-electron chi connectivity index (χ2n) is 8.92. The molecule has 1 spiro atoms. The van der Waals surface area contributed by atoms with Gasteiger partial charge in [-0.15, -0.1) is 0 Å². The predicted molar refractivity (Wildman–Crippen MR) is 124 cm³/mol. The van der Waals surface area contributed by atoms with Crippen LogP contribution in [0.4, 0.5) is 5.69 Å². The smallest absolute Gasteiger partial charge is 0.258 e. The molecule has 0 atom stereocenters. The minimum Gasteiger partial charge on any atom is -0.489 e. The minimum absolute atomic E-state index is 0.0877. The van der Waals surface area contributed by atoms with E-state index in [2.05, 4.69) is 29.3 Å². The first-order valence-corrected chi connectivity index (χ1v) is 11.1. The number of nitrogens with zero attached hydrogens (tertiary/aromatic N) is 2. The molecule has 31 heavy (non-hydrogen) atoms. The Bertz CT molecular complexity index is 1110. The average Bonchev–Trinajstić information content (AvgIpc) is 2.77. The van der Waals surface area contributed by atoms with Gasteiger partial charge in [-0.1, -0.05) is 30.3 Å². The van der Waals surface area contributed by atoms with Gasteiger partial charge in [0.15, 0.2) is 0 Å². The molecule has 2 fully saturated rings. The molecule has 0 bridgehead atoms. The quantitative estimate of drug-likeness (QED) is 0.686. The summed E-state index contributed by atoms with van der Waals surface area (Å²) in [5.74, 6) is 0.589. The van der Waals surface area contributed by atoms with Crippen LogP contribution in [0.25, 0.3) is 5.69 Å². The topological polar surface area (TPSA) is 46.5 Å². The predicted octanol–water partition coefficient (Wildman–Crippen LogP) is 3.91. The number of aromatic nitrogens is 1. The number of aryl methyl sites for hydroxylation is 1. The van der Waals surface area contributed by atoms with Crippen molar-refractivity contribution in [2.75, 3.05) is 31.1 Å². The highest BCUT2D eigenvalue weighted by Gasteiger charge is 2.43. The fraction of sp³-hybridized carbons (Fsp3) is 0.346. The third kappa shape index (κ3) is 4.10. The number of piperidine rings is 1. The van der Waals surface area contributed by atoms with Crippen LogP contribution in [0.1, 0.15) is 24.0 Å². The van der Waals surface area contributed by atoms with E-state index in [1.54, 1.807) is 16.8 Å². The van der Waals surface area contributed by atoms with Gasteiger partial charge in [0.25, 0.3) is 5.56 Å². The molecule has 3 heterocycles. The molecular weight excluding hydrogens is 386 g/mol. The summed E-state index contributed by atoms with van der Waals surface area (Å²) in [6.45, 7) is 7.14. The highest BCUT2D eigenvalue weighted by Crippen LogP contribution is 2.42. The van der Waals surface area contributed by atoms with Crippen LogP contribution < -0.4 is 20.5 Å². The van der Waals surface area contributed by atoms with Gasteiger partial charge in [-0.05, 0) is 68.2 Å². The van der Waals surface area contributed by atoms with E-state index < -0.39 is 0 Å². The first-order valence-electron chi connectivity index (χ1n) is 11.1. The van der Waals surface area contributed by atoms with Gasteiger partial charge in [-0.2, -0.15) is 0 Å². The van der Waals surface area contributed by atoms with Crippen LogP contribution in [0.5, 0.6) is 5.75 Å². The van der Waals surface area contributed by atoms with Crippen molar-refractivity contribution in [2.24, 2.45) is 5.41 Å². The molecule has 5 rings (SSSR count). The van der Waals surface area contributed by atoms with Crippen molar-refractivity contribution >= 4 is 5.69 Å². The zero-order chi connectivity index (χ0) is 21.3. The summed E-state index contributed by atoms with van der Waals surface area (Å²) >= 11 is 0. The molecule has 0 unspecified atom stereocenters. The van der Waals surface area contributed by atoms with Crippen LogP contribution in [-0.4, -0.2) is 30.7 Å². The third-order valence-corrected chi connectivity index (χ3v) is 6.66. The molecule has 5 heteroatoms. The van der Waals surface area contributed by atoms with Gasteiger partial charge in [-0.3, -0.25) is 9.36 Å². The number of ether oxygens (including phenoxy) is 1. The first-order chi connectivity index (χ1) is 15.1. The van der Waals surface area contributed by atoms with E-state index in [0.29, 0.717) is 17.8 Å². The van der Waals surface area contributed by atoms with Gasteiger partial charge in [0, 0.05) is 42.1 Å². The molecule has 2 aliphatic heterocycles. The van der Waals surface area contributed by atoms with Crippen molar-refractivity contribution in [2.45, 2.75) is 26.4 Å². The summed E-state index contributed by atoms with van der Waals surface area (Å²) in [5, 5.41) is 3.47. The Morgan fingerprint density at radius 3 is 2.48 bits per heavy atom. The lowest BCUT2D eigenvalue weighted by Crippen LogP contribution is -2.60. The minimum atomic E-state index is -0.0877. The Balaban J connectivity index is 1.28. The molecule has 2 saturated heterocycles. The van der Waals surface area contributed by atoms with Crippen LogP contribution in [0, 0.1) is 12.3 Å². The lowest BCUT2D eigenvalue weighted by Gasteiger charge is -2.54. The summed E-state index contributed by atoms with van der Waals surface area (Å²) < 4.78 is 7.47. The number of anilines is 1. The van der Waals surface area contributed by atoms with E-state index in [-0.39, 0.29) is 5.56 Å². The first kappa shape index (κ1) is 19.9. The molecule has 1 aromatic heterocycles. The van der Waals surface area contributed by atoms with Crippen LogP contribution in [-0.2, 0) is 6.61 Å². The molecule has 2 aromatic carbocycles.